The van der Waals surface area contributed by atoms with Gasteiger partial charge in [-0.25, -0.2) is 4.79 Å². The van der Waals surface area contributed by atoms with Crippen molar-refractivity contribution in [2.24, 2.45) is 0 Å². The maximum absolute atomic E-state index is 11.6. The summed E-state index contributed by atoms with van der Waals surface area (Å²) in [5.74, 6) is -0.520. The molecule has 0 aliphatic carbocycles. The van der Waals surface area contributed by atoms with E-state index in [1.807, 2.05) is 18.2 Å². The van der Waals surface area contributed by atoms with Crippen LogP contribution >= 0.6 is 11.3 Å². The summed E-state index contributed by atoms with van der Waals surface area (Å²) in [4.78, 5) is 11.8. The Morgan fingerprint density at radius 2 is 2.25 bits per heavy atom. The molecule has 0 fully saturated rings. The first kappa shape index (κ1) is 10.7. The van der Waals surface area contributed by atoms with Crippen LogP contribution < -0.4 is 0 Å². The number of benzene rings is 1. The van der Waals surface area contributed by atoms with Crippen molar-refractivity contribution >= 4 is 27.4 Å². The number of ether oxygens (including phenoxy) is 1. The van der Waals surface area contributed by atoms with Crippen molar-refractivity contribution in [2.75, 3.05) is 6.61 Å². The van der Waals surface area contributed by atoms with E-state index in [9.17, 15) is 9.90 Å². The zero-order valence-electron chi connectivity index (χ0n) is 8.47. The van der Waals surface area contributed by atoms with Gasteiger partial charge in [-0.3, -0.25) is 0 Å². The summed E-state index contributed by atoms with van der Waals surface area (Å²) in [7, 11) is 0. The van der Waals surface area contributed by atoms with E-state index < -0.39 is 5.97 Å². The van der Waals surface area contributed by atoms with Gasteiger partial charge in [-0.15, -0.1) is 11.3 Å². The van der Waals surface area contributed by atoms with E-state index >= 15 is 0 Å². The summed E-state index contributed by atoms with van der Waals surface area (Å²) < 4.78 is 5.75. The van der Waals surface area contributed by atoms with E-state index in [2.05, 4.69) is 6.58 Å². The summed E-state index contributed by atoms with van der Waals surface area (Å²) in [5, 5.41) is 10.5. The molecule has 1 aromatic carbocycles. The highest BCUT2D eigenvalue weighted by Gasteiger charge is 2.18. The molecule has 1 N–H and O–H groups in total. The first-order chi connectivity index (χ1) is 7.74. The number of thiophene rings is 1. The third kappa shape index (κ3) is 1.79. The molecule has 1 heterocycles. The zero-order valence-corrected chi connectivity index (χ0v) is 9.29. The van der Waals surface area contributed by atoms with E-state index in [-0.39, 0.29) is 17.2 Å². The Kier molecular flexibility index (Phi) is 2.92. The second-order valence-corrected chi connectivity index (χ2v) is 4.22. The lowest BCUT2D eigenvalue weighted by atomic mass is 10.2. The smallest absolute Gasteiger partial charge is 0.352 e. The largest absolute Gasteiger partial charge is 0.505 e. The normalized spacial score (nSPS) is 10.2. The van der Waals surface area contributed by atoms with Crippen LogP contribution in [0.25, 0.3) is 10.1 Å². The lowest BCUT2D eigenvalue weighted by Gasteiger charge is -1.98. The van der Waals surface area contributed by atoms with Gasteiger partial charge in [0, 0.05) is 10.1 Å². The fraction of sp³-hybridized carbons (Fsp3) is 0.0833. The van der Waals surface area contributed by atoms with Gasteiger partial charge >= 0.3 is 5.97 Å². The van der Waals surface area contributed by atoms with E-state index in [4.69, 9.17) is 4.74 Å². The maximum atomic E-state index is 11.6. The van der Waals surface area contributed by atoms with Crippen LogP contribution in [0.1, 0.15) is 9.67 Å². The highest BCUT2D eigenvalue weighted by molar-refractivity contribution is 7.21. The SMILES string of the molecule is C=CCOC(=O)c1sc2ccccc2c1O. The molecule has 0 saturated heterocycles. The number of carbonyl (C=O) groups is 1. The minimum Gasteiger partial charge on any atom is -0.505 e. The van der Waals surface area contributed by atoms with Gasteiger partial charge in [0.05, 0.1) is 0 Å². The number of aromatic hydroxyl groups is 1. The quantitative estimate of drug-likeness (QED) is 0.656. The second-order valence-electron chi connectivity index (χ2n) is 3.16. The first-order valence-corrected chi connectivity index (χ1v) is 5.54. The molecular formula is C12H10O3S. The molecule has 2 rings (SSSR count). The zero-order chi connectivity index (χ0) is 11.5. The highest BCUT2D eigenvalue weighted by Crippen LogP contribution is 2.36. The first-order valence-electron chi connectivity index (χ1n) is 4.72. The van der Waals surface area contributed by atoms with Crippen LogP contribution in [-0.4, -0.2) is 17.7 Å². The van der Waals surface area contributed by atoms with Gasteiger partial charge in [-0.1, -0.05) is 24.8 Å². The third-order valence-electron chi connectivity index (χ3n) is 2.09. The Bertz CT molecular complexity index is 542. The van der Waals surface area contributed by atoms with E-state index in [1.54, 1.807) is 6.07 Å². The molecule has 3 nitrogen and oxygen atoms in total. The van der Waals surface area contributed by atoms with Crippen LogP contribution in [0, 0.1) is 0 Å². The maximum Gasteiger partial charge on any atom is 0.352 e. The molecule has 0 spiro atoms. The van der Waals surface area contributed by atoms with E-state index in [0.29, 0.717) is 5.39 Å². The number of carbonyl (C=O) groups excluding carboxylic acids is 1. The molecule has 0 aliphatic rings. The Morgan fingerprint density at radius 1 is 1.50 bits per heavy atom. The van der Waals surface area contributed by atoms with Gasteiger partial charge in [0.1, 0.15) is 12.4 Å². The molecule has 16 heavy (non-hydrogen) atoms. The van der Waals surface area contributed by atoms with Gasteiger partial charge in [-0.05, 0) is 12.1 Å². The molecule has 0 unspecified atom stereocenters. The second kappa shape index (κ2) is 4.37. The third-order valence-corrected chi connectivity index (χ3v) is 3.23. The minimum atomic E-state index is -0.515. The molecular weight excluding hydrogens is 224 g/mol. The summed E-state index contributed by atoms with van der Waals surface area (Å²) in [6.07, 6.45) is 1.49. The Morgan fingerprint density at radius 3 is 2.94 bits per heavy atom. The Labute approximate surface area is 96.6 Å². The Balaban J connectivity index is 2.41. The molecule has 2 aromatic rings. The van der Waals surface area contributed by atoms with Gasteiger partial charge in [0.25, 0.3) is 0 Å². The number of hydrogen-bond donors (Lipinski definition) is 1. The van der Waals surface area contributed by atoms with Gasteiger partial charge < -0.3 is 9.84 Å². The number of esters is 1. The monoisotopic (exact) mass is 234 g/mol. The molecule has 0 radical (unpaired) electrons. The van der Waals surface area contributed by atoms with Crippen LogP contribution in [0.2, 0.25) is 0 Å². The van der Waals surface area contributed by atoms with Crippen molar-refractivity contribution in [2.45, 2.75) is 0 Å². The van der Waals surface area contributed by atoms with Gasteiger partial charge in [0.2, 0.25) is 0 Å². The van der Waals surface area contributed by atoms with Crippen molar-refractivity contribution in [3.8, 4) is 5.75 Å². The highest BCUT2D eigenvalue weighted by atomic mass is 32.1. The van der Waals surface area contributed by atoms with Crippen molar-refractivity contribution in [3.05, 3.63) is 41.8 Å². The van der Waals surface area contributed by atoms with Gasteiger partial charge in [0.15, 0.2) is 4.88 Å². The summed E-state index contributed by atoms with van der Waals surface area (Å²) in [6, 6.07) is 7.29. The molecule has 0 bridgehead atoms. The van der Waals surface area contributed by atoms with Crippen LogP contribution in [0.4, 0.5) is 0 Å². The lowest BCUT2D eigenvalue weighted by molar-refractivity contribution is 0.0552. The van der Waals surface area contributed by atoms with Crippen LogP contribution in [0.5, 0.6) is 5.75 Å². The van der Waals surface area contributed by atoms with Crippen LogP contribution in [0.15, 0.2) is 36.9 Å². The number of hydrogen-bond acceptors (Lipinski definition) is 4. The van der Waals surface area contributed by atoms with Crippen LogP contribution in [0.3, 0.4) is 0 Å². The summed E-state index contributed by atoms with van der Waals surface area (Å²) in [6.45, 7) is 3.60. The van der Waals surface area contributed by atoms with E-state index in [1.165, 1.54) is 17.4 Å². The number of rotatable bonds is 3. The fourth-order valence-electron chi connectivity index (χ4n) is 1.37. The molecule has 4 heteroatoms. The minimum absolute atomic E-state index is 0.00494. The predicted octanol–water partition coefficient (Wildman–Crippen LogP) is 2.95. The predicted molar refractivity (Wildman–Crippen MR) is 64.0 cm³/mol. The van der Waals surface area contributed by atoms with E-state index in [0.717, 1.165) is 4.70 Å². The topological polar surface area (TPSA) is 46.5 Å². The molecule has 0 saturated carbocycles. The molecule has 0 amide bonds. The fourth-order valence-corrected chi connectivity index (χ4v) is 2.36. The molecule has 1 aromatic heterocycles. The number of fused-ring (bicyclic) bond motifs is 1. The average Bonchev–Trinajstić information content (AvgIpc) is 2.64. The standard InChI is InChI=1S/C12H10O3S/c1-2-7-15-12(14)11-10(13)8-5-3-4-6-9(8)16-11/h2-6,13H,1,7H2. The summed E-state index contributed by atoms with van der Waals surface area (Å²) >= 11 is 1.22. The van der Waals surface area contributed by atoms with Crippen molar-refractivity contribution < 1.29 is 14.6 Å². The lowest BCUT2D eigenvalue weighted by Crippen LogP contribution is -2.02. The molecule has 0 atom stereocenters. The van der Waals surface area contributed by atoms with Crippen molar-refractivity contribution in [1.82, 2.24) is 0 Å². The van der Waals surface area contributed by atoms with Gasteiger partial charge in [-0.2, -0.15) is 0 Å². The molecule has 82 valence electrons. The average molecular weight is 234 g/mol. The Hall–Kier alpha value is -1.81. The molecule has 0 aliphatic heterocycles. The van der Waals surface area contributed by atoms with Crippen LogP contribution in [-0.2, 0) is 4.74 Å². The van der Waals surface area contributed by atoms with Crippen molar-refractivity contribution in [1.29, 1.82) is 0 Å². The van der Waals surface area contributed by atoms with Crippen molar-refractivity contribution in [3.63, 3.8) is 0 Å². The summed E-state index contributed by atoms with van der Waals surface area (Å²) in [5.41, 5.74) is 0.